The van der Waals surface area contributed by atoms with Gasteiger partial charge in [0.1, 0.15) is 11.5 Å². The summed E-state index contributed by atoms with van der Waals surface area (Å²) >= 11 is 6.04. The molecule has 0 saturated carbocycles. The Morgan fingerprint density at radius 1 is 1.03 bits per heavy atom. The molecule has 0 radical (unpaired) electrons. The number of ether oxygens (including phenoxy) is 2. The van der Waals surface area contributed by atoms with E-state index in [1.807, 2.05) is 12.1 Å². The van der Waals surface area contributed by atoms with E-state index in [0.717, 1.165) is 0 Å². The van der Waals surface area contributed by atoms with Crippen molar-refractivity contribution in [3.63, 3.8) is 0 Å². The standard InChI is InChI=1S/C20H24ClN3O5S/c1-28-17-7-3-4-8-18(17)29-15-10-22-20(25)23-11-13-24(14-12-23)30(26,27)19-9-5-2-6-16(19)21/h2-9H,10-15H2,1H3,(H,22,25). The van der Waals surface area contributed by atoms with Crippen molar-refractivity contribution in [2.75, 3.05) is 46.4 Å². The average molecular weight is 454 g/mol. The van der Waals surface area contributed by atoms with Crippen LogP contribution in [0.1, 0.15) is 0 Å². The van der Waals surface area contributed by atoms with Crippen molar-refractivity contribution in [1.82, 2.24) is 14.5 Å². The molecule has 1 N–H and O–H groups in total. The van der Waals surface area contributed by atoms with Gasteiger partial charge in [0.15, 0.2) is 11.5 Å². The molecule has 0 spiro atoms. The van der Waals surface area contributed by atoms with Crippen molar-refractivity contribution in [2.24, 2.45) is 0 Å². The normalized spacial score (nSPS) is 14.9. The molecule has 1 heterocycles. The Bertz CT molecular complexity index is 978. The lowest BCUT2D eigenvalue weighted by Crippen LogP contribution is -2.53. The molecule has 162 valence electrons. The summed E-state index contributed by atoms with van der Waals surface area (Å²) < 4.78 is 37.7. The summed E-state index contributed by atoms with van der Waals surface area (Å²) in [6, 6.07) is 13.4. The third-order valence-corrected chi connectivity index (χ3v) is 7.08. The number of halogens is 1. The molecule has 2 aromatic rings. The lowest BCUT2D eigenvalue weighted by Gasteiger charge is -2.34. The SMILES string of the molecule is COc1ccccc1OCCNC(=O)N1CCN(S(=O)(=O)c2ccccc2Cl)CC1. The minimum Gasteiger partial charge on any atom is -0.493 e. The van der Waals surface area contributed by atoms with Gasteiger partial charge in [-0.3, -0.25) is 0 Å². The third-order valence-electron chi connectivity index (χ3n) is 4.69. The number of benzene rings is 2. The largest absolute Gasteiger partial charge is 0.493 e. The first kappa shape index (κ1) is 22.2. The molecule has 1 aliphatic rings. The van der Waals surface area contributed by atoms with Crippen LogP contribution < -0.4 is 14.8 Å². The van der Waals surface area contributed by atoms with Crippen LogP contribution in [0.15, 0.2) is 53.4 Å². The van der Waals surface area contributed by atoms with Crippen LogP contribution >= 0.6 is 11.6 Å². The van der Waals surface area contributed by atoms with E-state index < -0.39 is 10.0 Å². The first-order valence-electron chi connectivity index (χ1n) is 9.47. The van der Waals surface area contributed by atoms with Crippen molar-refractivity contribution in [3.05, 3.63) is 53.6 Å². The minimum atomic E-state index is -3.69. The number of urea groups is 1. The lowest BCUT2D eigenvalue weighted by atomic mass is 10.3. The number of nitrogens with one attached hydrogen (secondary N) is 1. The molecule has 1 aliphatic heterocycles. The van der Waals surface area contributed by atoms with Gasteiger partial charge in [0, 0.05) is 26.2 Å². The van der Waals surface area contributed by atoms with Crippen molar-refractivity contribution in [2.45, 2.75) is 4.90 Å². The lowest BCUT2D eigenvalue weighted by molar-refractivity contribution is 0.170. The van der Waals surface area contributed by atoms with Crippen LogP contribution in [-0.4, -0.2) is 70.1 Å². The van der Waals surface area contributed by atoms with Crippen LogP contribution in [0.5, 0.6) is 11.5 Å². The van der Waals surface area contributed by atoms with Crippen molar-refractivity contribution < 1.29 is 22.7 Å². The number of sulfonamides is 1. The fourth-order valence-electron chi connectivity index (χ4n) is 3.09. The van der Waals surface area contributed by atoms with Gasteiger partial charge in [-0.1, -0.05) is 35.9 Å². The van der Waals surface area contributed by atoms with E-state index in [0.29, 0.717) is 31.1 Å². The smallest absolute Gasteiger partial charge is 0.317 e. The highest BCUT2D eigenvalue weighted by molar-refractivity contribution is 7.89. The minimum absolute atomic E-state index is 0.0815. The second-order valence-electron chi connectivity index (χ2n) is 6.55. The van der Waals surface area contributed by atoms with Gasteiger partial charge < -0.3 is 19.7 Å². The molecule has 0 unspecified atom stereocenters. The average Bonchev–Trinajstić information content (AvgIpc) is 2.77. The summed E-state index contributed by atoms with van der Waals surface area (Å²) in [6.07, 6.45) is 0. The second-order valence-corrected chi connectivity index (χ2v) is 8.87. The predicted octanol–water partition coefficient (Wildman–Crippen LogP) is 2.44. The number of amides is 2. The first-order valence-corrected chi connectivity index (χ1v) is 11.3. The summed E-state index contributed by atoms with van der Waals surface area (Å²) in [7, 11) is -2.12. The molecule has 0 atom stereocenters. The van der Waals surface area contributed by atoms with Gasteiger partial charge in [0.05, 0.1) is 18.7 Å². The number of rotatable bonds is 7. The van der Waals surface area contributed by atoms with E-state index in [4.69, 9.17) is 21.1 Å². The van der Waals surface area contributed by atoms with Gasteiger partial charge in [0.2, 0.25) is 10.0 Å². The Hall–Kier alpha value is -2.49. The van der Waals surface area contributed by atoms with Crippen LogP contribution in [0.3, 0.4) is 0 Å². The highest BCUT2D eigenvalue weighted by atomic mass is 35.5. The molecule has 0 aromatic heterocycles. The number of carbonyl (C=O) groups is 1. The molecule has 1 fully saturated rings. The molecule has 2 aromatic carbocycles. The molecular weight excluding hydrogens is 430 g/mol. The molecule has 3 rings (SSSR count). The molecule has 0 aliphatic carbocycles. The quantitative estimate of drug-likeness (QED) is 0.650. The topological polar surface area (TPSA) is 88.2 Å². The van der Waals surface area contributed by atoms with E-state index in [1.165, 1.54) is 10.4 Å². The van der Waals surface area contributed by atoms with Crippen molar-refractivity contribution >= 4 is 27.7 Å². The zero-order valence-electron chi connectivity index (χ0n) is 16.6. The summed E-state index contributed by atoms with van der Waals surface area (Å²) in [6.45, 7) is 1.60. The highest BCUT2D eigenvalue weighted by Gasteiger charge is 2.31. The van der Waals surface area contributed by atoms with Crippen LogP contribution in [0.2, 0.25) is 5.02 Å². The summed E-state index contributed by atoms with van der Waals surface area (Å²) in [5.74, 6) is 1.23. The van der Waals surface area contributed by atoms with Crippen molar-refractivity contribution in [1.29, 1.82) is 0 Å². The molecule has 10 heteroatoms. The highest BCUT2D eigenvalue weighted by Crippen LogP contribution is 2.26. The fourth-order valence-corrected chi connectivity index (χ4v) is 5.01. The summed E-state index contributed by atoms with van der Waals surface area (Å²) in [5, 5.41) is 2.97. The number of piperazine rings is 1. The van der Waals surface area contributed by atoms with Gasteiger partial charge in [-0.2, -0.15) is 4.31 Å². The van der Waals surface area contributed by atoms with Gasteiger partial charge in [0.25, 0.3) is 0 Å². The molecule has 8 nitrogen and oxygen atoms in total. The monoisotopic (exact) mass is 453 g/mol. The predicted molar refractivity (Wildman–Crippen MR) is 114 cm³/mol. The number of hydrogen-bond donors (Lipinski definition) is 1. The maximum atomic E-state index is 12.8. The Labute approximate surface area is 181 Å². The summed E-state index contributed by atoms with van der Waals surface area (Å²) in [5.41, 5.74) is 0. The molecule has 30 heavy (non-hydrogen) atoms. The van der Waals surface area contributed by atoms with E-state index in [9.17, 15) is 13.2 Å². The maximum absolute atomic E-state index is 12.8. The molecular formula is C20H24ClN3O5S. The van der Waals surface area contributed by atoms with Gasteiger partial charge in [-0.15, -0.1) is 0 Å². The van der Waals surface area contributed by atoms with Crippen LogP contribution in [0, 0.1) is 0 Å². The first-order chi connectivity index (χ1) is 14.4. The number of para-hydroxylation sites is 2. The van der Waals surface area contributed by atoms with Crippen molar-refractivity contribution in [3.8, 4) is 11.5 Å². The van der Waals surface area contributed by atoms with E-state index in [2.05, 4.69) is 5.32 Å². The van der Waals surface area contributed by atoms with Gasteiger partial charge in [-0.25, -0.2) is 13.2 Å². The zero-order chi connectivity index (χ0) is 21.6. The van der Waals surface area contributed by atoms with E-state index >= 15 is 0 Å². The maximum Gasteiger partial charge on any atom is 0.317 e. The Morgan fingerprint density at radius 2 is 1.67 bits per heavy atom. The Morgan fingerprint density at radius 3 is 2.33 bits per heavy atom. The number of nitrogens with zero attached hydrogens (tertiary/aromatic N) is 2. The van der Waals surface area contributed by atoms with Crippen LogP contribution in [0.4, 0.5) is 4.79 Å². The number of methoxy groups -OCH3 is 1. The zero-order valence-corrected chi connectivity index (χ0v) is 18.2. The van der Waals surface area contributed by atoms with Gasteiger partial charge >= 0.3 is 6.03 Å². The van der Waals surface area contributed by atoms with Gasteiger partial charge in [-0.05, 0) is 24.3 Å². The molecule has 0 bridgehead atoms. The number of hydrogen-bond acceptors (Lipinski definition) is 5. The third kappa shape index (κ3) is 5.16. The fraction of sp³-hybridized carbons (Fsp3) is 0.350. The Balaban J connectivity index is 1.46. The van der Waals surface area contributed by atoms with E-state index in [-0.39, 0.29) is 35.6 Å². The molecule has 2 amide bonds. The van der Waals surface area contributed by atoms with Crippen LogP contribution in [-0.2, 0) is 10.0 Å². The molecule has 1 saturated heterocycles. The van der Waals surface area contributed by atoms with E-state index in [1.54, 1.807) is 42.3 Å². The summed E-state index contributed by atoms with van der Waals surface area (Å²) in [4.78, 5) is 14.0. The Kier molecular flexibility index (Phi) is 7.41. The van der Waals surface area contributed by atoms with Crippen LogP contribution in [0.25, 0.3) is 0 Å². The second kappa shape index (κ2) is 10.0. The number of carbonyl (C=O) groups excluding carboxylic acids is 1.